The zero-order chi connectivity index (χ0) is 7.61. The lowest BCUT2D eigenvalue weighted by Crippen LogP contribution is -2.49. The summed E-state index contributed by atoms with van der Waals surface area (Å²) in [5.74, 6) is 0. The summed E-state index contributed by atoms with van der Waals surface area (Å²) in [7, 11) is 0. The molecule has 10 heavy (non-hydrogen) atoms. The van der Waals surface area contributed by atoms with Gasteiger partial charge < -0.3 is 5.32 Å². The molecule has 1 heterocycles. The molecule has 0 radical (unpaired) electrons. The summed E-state index contributed by atoms with van der Waals surface area (Å²) in [6.45, 7) is 4.26. The molecule has 1 rings (SSSR count). The van der Waals surface area contributed by atoms with Crippen molar-refractivity contribution in [1.29, 1.82) is 0 Å². The Hall–Kier alpha value is 0.580. The molecule has 0 amide bonds. The van der Waals surface area contributed by atoms with Crippen LogP contribution >= 0.6 is 34.4 Å². The number of hydrogen-bond acceptors (Lipinski definition) is 3. The zero-order valence-electron chi connectivity index (χ0n) is 6.02. The number of alkyl halides is 1. The molecule has 0 bridgehead atoms. The van der Waals surface area contributed by atoms with Gasteiger partial charge in [-0.15, -0.1) is 0 Å². The van der Waals surface area contributed by atoms with Crippen molar-refractivity contribution in [2.75, 3.05) is 0 Å². The Morgan fingerprint density at radius 2 is 2.50 bits per heavy atom. The van der Waals surface area contributed by atoms with Crippen LogP contribution in [0.5, 0.6) is 0 Å². The van der Waals surface area contributed by atoms with Crippen molar-refractivity contribution in [3.63, 3.8) is 0 Å². The molecule has 2 atom stereocenters. The second-order valence-corrected chi connectivity index (χ2v) is 5.55. The van der Waals surface area contributed by atoms with Gasteiger partial charge in [0.2, 0.25) is 0 Å². The van der Waals surface area contributed by atoms with Crippen molar-refractivity contribution < 1.29 is 0 Å². The largest absolute Gasteiger partial charge is 0.364 e. The SMILES string of the molecule is C[C@@H](I)NC1(C)NC=CS1. The molecule has 0 saturated heterocycles. The van der Waals surface area contributed by atoms with Gasteiger partial charge in [0.05, 0.1) is 4.05 Å². The Balaban J connectivity index is 2.38. The molecule has 1 aliphatic rings. The Bertz CT molecular complexity index is 139. The molecule has 1 unspecified atom stereocenters. The minimum Gasteiger partial charge on any atom is -0.364 e. The fourth-order valence-corrected chi connectivity index (χ4v) is 2.48. The highest BCUT2D eigenvalue weighted by atomic mass is 127. The maximum Gasteiger partial charge on any atom is 0.138 e. The smallest absolute Gasteiger partial charge is 0.138 e. The quantitative estimate of drug-likeness (QED) is 0.455. The Kier molecular flexibility index (Phi) is 2.88. The number of nitrogens with one attached hydrogen (secondary N) is 2. The topological polar surface area (TPSA) is 24.1 Å². The van der Waals surface area contributed by atoms with Gasteiger partial charge >= 0.3 is 0 Å². The number of hydrogen-bond donors (Lipinski definition) is 2. The fourth-order valence-electron chi connectivity index (χ4n) is 0.852. The normalized spacial score (nSPS) is 33.9. The average molecular weight is 270 g/mol. The van der Waals surface area contributed by atoms with Crippen LogP contribution in [-0.4, -0.2) is 9.04 Å². The van der Waals surface area contributed by atoms with Crippen LogP contribution in [-0.2, 0) is 0 Å². The lowest BCUT2D eigenvalue weighted by Gasteiger charge is -2.26. The molecule has 58 valence electrons. The molecule has 0 aromatic heterocycles. The van der Waals surface area contributed by atoms with Crippen LogP contribution < -0.4 is 10.6 Å². The second-order valence-electron chi connectivity index (χ2n) is 2.36. The highest BCUT2D eigenvalue weighted by Crippen LogP contribution is 2.25. The molecule has 0 aliphatic carbocycles. The van der Waals surface area contributed by atoms with Crippen LogP contribution in [0.15, 0.2) is 11.6 Å². The van der Waals surface area contributed by atoms with Crippen LogP contribution in [0.1, 0.15) is 13.8 Å². The second kappa shape index (κ2) is 3.32. The summed E-state index contributed by atoms with van der Waals surface area (Å²) in [5.41, 5.74) is 0. The van der Waals surface area contributed by atoms with E-state index in [9.17, 15) is 0 Å². The van der Waals surface area contributed by atoms with Gasteiger partial charge in [-0.1, -0.05) is 34.4 Å². The van der Waals surface area contributed by atoms with Crippen LogP contribution in [0.2, 0.25) is 0 Å². The lowest BCUT2D eigenvalue weighted by atomic mass is 10.5. The van der Waals surface area contributed by atoms with E-state index in [1.807, 2.05) is 6.20 Å². The molecule has 1 aliphatic heterocycles. The monoisotopic (exact) mass is 270 g/mol. The first-order chi connectivity index (χ1) is 4.62. The summed E-state index contributed by atoms with van der Waals surface area (Å²) in [6, 6.07) is 0. The molecule has 4 heteroatoms. The van der Waals surface area contributed by atoms with Crippen molar-refractivity contribution in [1.82, 2.24) is 10.6 Å². The highest BCUT2D eigenvalue weighted by molar-refractivity contribution is 14.1. The van der Waals surface area contributed by atoms with Gasteiger partial charge in [-0.05, 0) is 19.3 Å². The molecular weight excluding hydrogens is 259 g/mol. The summed E-state index contributed by atoms with van der Waals surface area (Å²) >= 11 is 4.12. The predicted octanol–water partition coefficient (Wildman–Crippen LogP) is 1.84. The first-order valence-corrected chi connectivity index (χ1v) is 5.27. The third kappa shape index (κ3) is 2.32. The maximum absolute atomic E-state index is 3.39. The van der Waals surface area contributed by atoms with E-state index in [2.05, 4.69) is 52.5 Å². The summed E-state index contributed by atoms with van der Waals surface area (Å²) in [4.78, 5) is 0.0145. The van der Waals surface area contributed by atoms with Crippen molar-refractivity contribution >= 4 is 34.4 Å². The summed E-state index contributed by atoms with van der Waals surface area (Å²) < 4.78 is 0.488. The number of halogens is 1. The molecule has 0 fully saturated rings. The van der Waals surface area contributed by atoms with Crippen molar-refractivity contribution in [2.45, 2.75) is 22.9 Å². The van der Waals surface area contributed by atoms with E-state index < -0.39 is 0 Å². The van der Waals surface area contributed by atoms with E-state index in [1.54, 1.807) is 11.8 Å². The van der Waals surface area contributed by atoms with E-state index in [1.165, 1.54) is 0 Å². The highest BCUT2D eigenvalue weighted by Gasteiger charge is 2.25. The van der Waals surface area contributed by atoms with Gasteiger partial charge in [-0.3, -0.25) is 5.32 Å². The van der Waals surface area contributed by atoms with Crippen LogP contribution in [0, 0.1) is 0 Å². The van der Waals surface area contributed by atoms with E-state index in [-0.39, 0.29) is 4.99 Å². The van der Waals surface area contributed by atoms with Crippen LogP contribution in [0.3, 0.4) is 0 Å². The third-order valence-corrected chi connectivity index (χ3v) is 2.50. The van der Waals surface area contributed by atoms with E-state index in [4.69, 9.17) is 0 Å². The van der Waals surface area contributed by atoms with E-state index >= 15 is 0 Å². The van der Waals surface area contributed by atoms with Crippen molar-refractivity contribution in [3.8, 4) is 0 Å². The van der Waals surface area contributed by atoms with Gasteiger partial charge in [-0.25, -0.2) is 0 Å². The Morgan fingerprint density at radius 3 is 2.90 bits per heavy atom. The Labute approximate surface area is 79.4 Å². The molecule has 0 aromatic rings. The van der Waals surface area contributed by atoms with E-state index in [0.717, 1.165) is 0 Å². The van der Waals surface area contributed by atoms with Gasteiger partial charge in [-0.2, -0.15) is 0 Å². The molecule has 0 saturated carbocycles. The number of rotatable bonds is 2. The molecule has 0 aromatic carbocycles. The average Bonchev–Trinajstić information content (AvgIpc) is 2.12. The molecular formula is C6H11IN2S. The number of thioether (sulfide) groups is 1. The van der Waals surface area contributed by atoms with Gasteiger partial charge in [0, 0.05) is 6.20 Å². The molecule has 0 spiro atoms. The maximum atomic E-state index is 3.39. The first kappa shape index (κ1) is 8.67. The van der Waals surface area contributed by atoms with Crippen molar-refractivity contribution in [3.05, 3.63) is 11.6 Å². The van der Waals surface area contributed by atoms with Gasteiger partial charge in [0.15, 0.2) is 0 Å². The van der Waals surface area contributed by atoms with Gasteiger partial charge in [0.25, 0.3) is 0 Å². The molecule has 2 nitrogen and oxygen atoms in total. The summed E-state index contributed by atoms with van der Waals surface area (Å²) in [6.07, 6.45) is 1.97. The zero-order valence-corrected chi connectivity index (χ0v) is 8.99. The van der Waals surface area contributed by atoms with Gasteiger partial charge in [0.1, 0.15) is 4.99 Å². The van der Waals surface area contributed by atoms with E-state index in [0.29, 0.717) is 4.05 Å². The predicted molar refractivity (Wildman–Crippen MR) is 54.9 cm³/mol. The standard InChI is InChI=1S/C6H11IN2S/c1-5(7)9-6(2)8-3-4-10-6/h3-5,8-9H,1-2H3/t5-,6?/m0/s1. The summed E-state index contributed by atoms with van der Waals surface area (Å²) in [5, 5.41) is 8.69. The van der Waals surface area contributed by atoms with Crippen LogP contribution in [0.25, 0.3) is 0 Å². The minimum atomic E-state index is 0.0145. The minimum absolute atomic E-state index is 0.0145. The lowest BCUT2D eigenvalue weighted by molar-refractivity contribution is 0.472. The third-order valence-electron chi connectivity index (χ3n) is 1.20. The van der Waals surface area contributed by atoms with Crippen LogP contribution in [0.4, 0.5) is 0 Å². The molecule has 2 N–H and O–H groups in total. The fraction of sp³-hybridized carbons (Fsp3) is 0.667. The first-order valence-electron chi connectivity index (χ1n) is 3.15. The van der Waals surface area contributed by atoms with Crippen molar-refractivity contribution in [2.24, 2.45) is 0 Å². The Morgan fingerprint density at radius 1 is 1.80 bits per heavy atom.